The highest BCUT2D eigenvalue weighted by Crippen LogP contribution is 2.23. The van der Waals surface area contributed by atoms with Crippen LogP contribution in [-0.4, -0.2) is 23.5 Å². The van der Waals surface area contributed by atoms with Crippen molar-refractivity contribution in [3.63, 3.8) is 0 Å². The number of hydrogen-bond donors (Lipinski definition) is 1. The van der Waals surface area contributed by atoms with Gasteiger partial charge in [-0.25, -0.2) is 0 Å². The summed E-state index contributed by atoms with van der Waals surface area (Å²) in [6, 6.07) is 8.79. The summed E-state index contributed by atoms with van der Waals surface area (Å²) >= 11 is 0. The topological polar surface area (TPSA) is 29.3 Å². The maximum atomic E-state index is 5.87. The quantitative estimate of drug-likeness (QED) is 0.824. The van der Waals surface area contributed by atoms with E-state index in [0.717, 1.165) is 19.6 Å². The number of rotatable bonds is 2. The first-order valence-corrected chi connectivity index (χ1v) is 6.15. The van der Waals surface area contributed by atoms with Gasteiger partial charge in [0.15, 0.2) is 0 Å². The van der Waals surface area contributed by atoms with E-state index >= 15 is 0 Å². The number of hydrogen-bond acceptors (Lipinski definition) is 2. The van der Waals surface area contributed by atoms with Crippen molar-refractivity contribution in [3.8, 4) is 0 Å². The zero-order valence-corrected chi connectivity index (χ0v) is 10.4. The number of nitrogens with two attached hydrogens (primary N) is 1. The fourth-order valence-electron chi connectivity index (χ4n) is 2.35. The highest BCUT2D eigenvalue weighted by Gasteiger charge is 2.26. The third-order valence-corrected chi connectivity index (χ3v) is 3.71. The second-order valence-corrected chi connectivity index (χ2v) is 5.31. The third kappa shape index (κ3) is 2.28. The van der Waals surface area contributed by atoms with Crippen molar-refractivity contribution in [2.45, 2.75) is 38.8 Å². The van der Waals surface area contributed by atoms with Gasteiger partial charge in [-0.15, -0.1) is 0 Å². The van der Waals surface area contributed by atoms with E-state index in [1.54, 1.807) is 0 Å². The van der Waals surface area contributed by atoms with Crippen molar-refractivity contribution in [2.24, 2.45) is 5.73 Å². The van der Waals surface area contributed by atoms with Crippen molar-refractivity contribution >= 4 is 0 Å². The average Bonchev–Trinajstić information content (AvgIpc) is 2.51. The lowest BCUT2D eigenvalue weighted by Crippen LogP contribution is -2.48. The van der Waals surface area contributed by atoms with Crippen LogP contribution in [0.1, 0.15) is 31.4 Å². The molecule has 0 radical (unpaired) electrons. The molecule has 2 rings (SSSR count). The van der Waals surface area contributed by atoms with Crippen molar-refractivity contribution < 1.29 is 0 Å². The van der Waals surface area contributed by atoms with Crippen LogP contribution in [-0.2, 0) is 13.0 Å². The van der Waals surface area contributed by atoms with Crippen LogP contribution in [0, 0.1) is 0 Å². The standard InChI is InChI=1S/C14H22N2/c1-14(2,11-15)16-9-5-8-12-6-3-4-7-13(12)10-16/h3-4,6-7H,5,8-11,15H2,1-2H3. The van der Waals surface area contributed by atoms with E-state index in [9.17, 15) is 0 Å². The van der Waals surface area contributed by atoms with E-state index in [-0.39, 0.29) is 5.54 Å². The summed E-state index contributed by atoms with van der Waals surface area (Å²) in [6.07, 6.45) is 2.44. The fraction of sp³-hybridized carbons (Fsp3) is 0.571. The molecule has 1 aromatic rings. The normalized spacial score (nSPS) is 17.9. The molecular formula is C14H22N2. The van der Waals surface area contributed by atoms with Gasteiger partial charge in [-0.2, -0.15) is 0 Å². The number of aryl methyl sites for hydroxylation is 1. The molecular weight excluding hydrogens is 196 g/mol. The third-order valence-electron chi connectivity index (χ3n) is 3.71. The van der Waals surface area contributed by atoms with E-state index in [4.69, 9.17) is 5.73 Å². The predicted molar refractivity (Wildman–Crippen MR) is 68.3 cm³/mol. The molecule has 0 amide bonds. The van der Waals surface area contributed by atoms with Crippen molar-refractivity contribution in [3.05, 3.63) is 35.4 Å². The molecule has 1 heterocycles. The minimum atomic E-state index is 0.109. The molecule has 0 saturated carbocycles. The Bertz CT molecular complexity index is 358. The maximum Gasteiger partial charge on any atom is 0.0278 e. The number of fused-ring (bicyclic) bond motifs is 1. The van der Waals surface area contributed by atoms with Crippen LogP contribution in [0.15, 0.2) is 24.3 Å². The predicted octanol–water partition coefficient (Wildman–Crippen LogP) is 2.17. The maximum absolute atomic E-state index is 5.87. The van der Waals surface area contributed by atoms with Gasteiger partial charge in [0, 0.05) is 18.6 Å². The highest BCUT2D eigenvalue weighted by atomic mass is 15.2. The minimum absolute atomic E-state index is 0.109. The van der Waals surface area contributed by atoms with Gasteiger partial charge in [-0.1, -0.05) is 24.3 Å². The average molecular weight is 218 g/mol. The van der Waals surface area contributed by atoms with Crippen LogP contribution in [0.5, 0.6) is 0 Å². The first-order valence-electron chi connectivity index (χ1n) is 6.15. The molecule has 16 heavy (non-hydrogen) atoms. The first kappa shape index (κ1) is 11.6. The minimum Gasteiger partial charge on any atom is -0.329 e. The zero-order valence-electron chi connectivity index (χ0n) is 10.4. The van der Waals surface area contributed by atoms with Gasteiger partial charge >= 0.3 is 0 Å². The molecule has 0 spiro atoms. The lowest BCUT2D eigenvalue weighted by molar-refractivity contribution is 0.120. The van der Waals surface area contributed by atoms with Crippen LogP contribution in [0.2, 0.25) is 0 Å². The summed E-state index contributed by atoms with van der Waals surface area (Å²) in [5, 5.41) is 0. The first-order chi connectivity index (χ1) is 7.63. The second kappa shape index (κ2) is 4.56. The molecule has 2 nitrogen and oxygen atoms in total. The molecule has 0 saturated heterocycles. The molecule has 2 heteroatoms. The Labute approximate surface area is 98.4 Å². The van der Waals surface area contributed by atoms with E-state index in [1.807, 2.05) is 0 Å². The van der Waals surface area contributed by atoms with E-state index in [2.05, 4.69) is 43.0 Å². The van der Waals surface area contributed by atoms with E-state index in [1.165, 1.54) is 24.0 Å². The number of nitrogens with zero attached hydrogens (tertiary/aromatic N) is 1. The fourth-order valence-corrected chi connectivity index (χ4v) is 2.35. The Hall–Kier alpha value is -0.860. The van der Waals surface area contributed by atoms with Crippen LogP contribution in [0.3, 0.4) is 0 Å². The van der Waals surface area contributed by atoms with Gasteiger partial charge in [-0.05, 0) is 44.4 Å². The molecule has 1 aromatic carbocycles. The summed E-state index contributed by atoms with van der Waals surface area (Å²) in [7, 11) is 0. The molecule has 0 aliphatic carbocycles. The van der Waals surface area contributed by atoms with Gasteiger partial charge in [-0.3, -0.25) is 4.90 Å². The van der Waals surface area contributed by atoms with Crippen molar-refractivity contribution in [1.29, 1.82) is 0 Å². The molecule has 0 atom stereocenters. The molecule has 88 valence electrons. The molecule has 1 aliphatic heterocycles. The SMILES string of the molecule is CC(C)(CN)N1CCCc2ccccc2C1. The summed E-state index contributed by atoms with van der Waals surface area (Å²) < 4.78 is 0. The van der Waals surface area contributed by atoms with Gasteiger partial charge < -0.3 is 5.73 Å². The van der Waals surface area contributed by atoms with Gasteiger partial charge in [0.1, 0.15) is 0 Å². The Morgan fingerprint density at radius 2 is 1.94 bits per heavy atom. The Morgan fingerprint density at radius 1 is 1.25 bits per heavy atom. The molecule has 2 N–H and O–H groups in total. The zero-order chi connectivity index (χ0) is 11.6. The lowest BCUT2D eigenvalue weighted by Gasteiger charge is -2.37. The summed E-state index contributed by atoms with van der Waals surface area (Å²) in [5.41, 5.74) is 8.96. The summed E-state index contributed by atoms with van der Waals surface area (Å²) in [6.45, 7) is 7.39. The van der Waals surface area contributed by atoms with Crippen LogP contribution >= 0.6 is 0 Å². The highest BCUT2D eigenvalue weighted by molar-refractivity contribution is 5.28. The summed E-state index contributed by atoms with van der Waals surface area (Å²) in [5.74, 6) is 0. The van der Waals surface area contributed by atoms with Gasteiger partial charge in [0.25, 0.3) is 0 Å². The molecule has 0 unspecified atom stereocenters. The monoisotopic (exact) mass is 218 g/mol. The van der Waals surface area contributed by atoms with Crippen molar-refractivity contribution in [2.75, 3.05) is 13.1 Å². The Kier molecular flexibility index (Phi) is 3.31. The van der Waals surface area contributed by atoms with Crippen molar-refractivity contribution in [1.82, 2.24) is 4.90 Å². The Morgan fingerprint density at radius 3 is 2.62 bits per heavy atom. The second-order valence-electron chi connectivity index (χ2n) is 5.31. The molecule has 0 aromatic heterocycles. The number of benzene rings is 1. The molecule has 1 aliphatic rings. The van der Waals surface area contributed by atoms with Crippen LogP contribution in [0.4, 0.5) is 0 Å². The smallest absolute Gasteiger partial charge is 0.0278 e. The van der Waals surface area contributed by atoms with Crippen LogP contribution in [0.25, 0.3) is 0 Å². The largest absolute Gasteiger partial charge is 0.329 e. The summed E-state index contributed by atoms with van der Waals surface area (Å²) in [4.78, 5) is 2.51. The van der Waals surface area contributed by atoms with Gasteiger partial charge in [0.05, 0.1) is 0 Å². The van der Waals surface area contributed by atoms with E-state index < -0.39 is 0 Å². The molecule has 0 bridgehead atoms. The van der Waals surface area contributed by atoms with Crippen LogP contribution < -0.4 is 5.73 Å². The Balaban J connectivity index is 2.23. The lowest BCUT2D eigenvalue weighted by atomic mass is 10.0. The van der Waals surface area contributed by atoms with Gasteiger partial charge in [0.2, 0.25) is 0 Å². The van der Waals surface area contributed by atoms with E-state index in [0.29, 0.717) is 0 Å². The molecule has 0 fully saturated rings.